The summed E-state index contributed by atoms with van der Waals surface area (Å²) in [5.74, 6) is -2.33. The summed E-state index contributed by atoms with van der Waals surface area (Å²) in [5, 5.41) is 11.9. The van der Waals surface area contributed by atoms with Crippen LogP contribution in [0.4, 0.5) is 0 Å². The second-order valence-electron chi connectivity index (χ2n) is 28.0. The molecule has 0 amide bonds. The Morgan fingerprint density at radius 1 is 0.320 bits per heavy atom. The number of nitrogens with zero attached hydrogens (tertiary/aromatic N) is 1. The van der Waals surface area contributed by atoms with Crippen molar-refractivity contribution in [2.24, 2.45) is 0 Å². The summed E-state index contributed by atoms with van der Waals surface area (Å²) in [5.41, 5.74) is 0. The van der Waals surface area contributed by atoms with Gasteiger partial charge in [-0.2, -0.15) is 0 Å². The Morgan fingerprint density at radius 2 is 0.588 bits per heavy atom. The molecular formula is C88H151NO8. The number of carbonyl (C=O) groups is 3. The Kier molecular flexibility index (Phi) is 73.5. The minimum atomic E-state index is -1.64. The Hall–Kier alpha value is -4.57. The molecule has 0 heterocycles. The third-order valence-electron chi connectivity index (χ3n) is 17.4. The molecule has 97 heavy (non-hydrogen) atoms. The van der Waals surface area contributed by atoms with Crippen molar-refractivity contribution in [2.45, 2.75) is 360 Å². The first-order valence-electron chi connectivity index (χ1n) is 40.3. The number of ether oxygens (including phenoxy) is 4. The zero-order valence-electron chi connectivity index (χ0n) is 63.7. The van der Waals surface area contributed by atoms with E-state index in [1.807, 2.05) is 21.1 Å². The number of hydrogen-bond acceptors (Lipinski definition) is 8. The van der Waals surface area contributed by atoms with E-state index >= 15 is 0 Å². The van der Waals surface area contributed by atoms with Gasteiger partial charge in [-0.25, -0.2) is 0 Å². The predicted octanol–water partition coefficient (Wildman–Crippen LogP) is 24.7. The Bertz CT molecular complexity index is 2060. The SMILES string of the molecule is CC/C=C\C/C=C\C/C=C\C/C=C\C/C=C\C/C=C\C/C=C\C/C=C\C/C=C\CCCCCC(=O)OC(COC(=O)CCCCCCCCCCCCCCCCCCCCCCCCCCCCCCC/C=C\C/C=C\CCCCCCC)COC(OCC[N+](C)(C)C)C(=O)[O-]. The van der Waals surface area contributed by atoms with Gasteiger partial charge in [0.1, 0.15) is 13.2 Å². The summed E-state index contributed by atoms with van der Waals surface area (Å²) in [6.45, 7) is 4.61. The number of likely N-dealkylation sites (N-methyl/N-ethyl adjacent to an activating group) is 1. The van der Waals surface area contributed by atoms with E-state index in [2.05, 4.69) is 148 Å². The maximum absolute atomic E-state index is 12.9. The van der Waals surface area contributed by atoms with Crippen molar-refractivity contribution >= 4 is 17.9 Å². The largest absolute Gasteiger partial charge is 0.545 e. The fourth-order valence-electron chi connectivity index (χ4n) is 11.3. The van der Waals surface area contributed by atoms with E-state index in [1.54, 1.807) is 0 Å². The molecule has 0 aliphatic carbocycles. The number of allylic oxidation sites excluding steroid dienone is 22. The van der Waals surface area contributed by atoms with Crippen molar-refractivity contribution < 1.29 is 42.9 Å². The zero-order chi connectivity index (χ0) is 70.4. The van der Waals surface area contributed by atoms with E-state index in [1.165, 1.54) is 212 Å². The Morgan fingerprint density at radius 3 is 0.887 bits per heavy atom. The lowest BCUT2D eigenvalue weighted by Gasteiger charge is -2.26. The van der Waals surface area contributed by atoms with Crippen LogP contribution in [0.25, 0.3) is 0 Å². The highest BCUT2D eigenvalue weighted by Crippen LogP contribution is 2.18. The highest BCUT2D eigenvalue weighted by molar-refractivity contribution is 5.70. The smallest absolute Gasteiger partial charge is 0.306 e. The minimum absolute atomic E-state index is 0.136. The lowest BCUT2D eigenvalue weighted by atomic mass is 10.0. The van der Waals surface area contributed by atoms with Gasteiger partial charge in [-0.15, -0.1) is 0 Å². The van der Waals surface area contributed by atoms with Crippen LogP contribution >= 0.6 is 0 Å². The average Bonchev–Trinajstić information content (AvgIpc) is 2.39. The second kappa shape index (κ2) is 77.2. The van der Waals surface area contributed by atoms with E-state index in [-0.39, 0.29) is 38.6 Å². The van der Waals surface area contributed by atoms with Gasteiger partial charge in [-0.1, -0.05) is 353 Å². The summed E-state index contributed by atoms with van der Waals surface area (Å²) in [4.78, 5) is 37.6. The molecular weight excluding hydrogens is 1200 g/mol. The van der Waals surface area contributed by atoms with E-state index in [0.29, 0.717) is 17.4 Å². The fourth-order valence-corrected chi connectivity index (χ4v) is 11.3. The Labute approximate surface area is 599 Å². The standard InChI is InChI=1S/C88H151NO8/c1-6-8-10-12-14-16-18-20-22-24-26-28-30-32-34-36-38-39-40-41-42-43-44-45-46-47-49-50-52-54-56-58-60-62-64-66-68-70-72-74-76-78-85(90)95-82-84(83-96-88(87(92)93)94-81-80-89(3,4)5)97-86(91)79-77-75-73-71-69-67-65-63-61-59-57-55-53-51-48-37-35-33-31-29-27-25-23-21-19-17-15-13-11-9-7-2/h9,11,15,17-18,20-21,23-24,26-27,29,33,35,48,51,55,57,61,63,67,69,84,88H,6-8,10,12-14,16,19,22,25,28,30-32,34,36-47,49-50,52-54,56,58-60,62,64-66,68,70-83H2,1-5H3/b11-9-,17-15-,20-18-,23-21-,26-24-,29-27-,35-33-,51-48-,57-55-,63-61-,69-67-. The van der Waals surface area contributed by atoms with E-state index in [9.17, 15) is 19.5 Å². The van der Waals surface area contributed by atoms with Crippen LogP contribution in [0.15, 0.2) is 134 Å². The topological polar surface area (TPSA) is 111 Å². The molecule has 0 aliphatic rings. The van der Waals surface area contributed by atoms with Gasteiger partial charge < -0.3 is 33.3 Å². The van der Waals surface area contributed by atoms with Crippen LogP contribution in [-0.4, -0.2) is 82.3 Å². The van der Waals surface area contributed by atoms with Crippen LogP contribution in [0.5, 0.6) is 0 Å². The summed E-state index contributed by atoms with van der Waals surface area (Å²) in [6, 6.07) is 0. The molecule has 0 aromatic heterocycles. The quantitative estimate of drug-likeness (QED) is 0.0195. The van der Waals surface area contributed by atoms with Crippen molar-refractivity contribution in [1.82, 2.24) is 0 Å². The Balaban J connectivity index is 4.05. The lowest BCUT2D eigenvalue weighted by molar-refractivity contribution is -0.870. The summed E-state index contributed by atoms with van der Waals surface area (Å²) in [6.07, 6.45) is 109. The molecule has 0 spiro atoms. The minimum Gasteiger partial charge on any atom is -0.545 e. The number of rotatable bonds is 74. The van der Waals surface area contributed by atoms with E-state index in [0.717, 1.165) is 103 Å². The van der Waals surface area contributed by atoms with Gasteiger partial charge in [-0.3, -0.25) is 9.59 Å². The predicted molar refractivity (Wildman–Crippen MR) is 416 cm³/mol. The van der Waals surface area contributed by atoms with Crippen LogP contribution in [-0.2, 0) is 33.3 Å². The third-order valence-corrected chi connectivity index (χ3v) is 17.4. The summed E-state index contributed by atoms with van der Waals surface area (Å²) in [7, 11) is 5.92. The molecule has 2 atom stereocenters. The normalized spacial score (nSPS) is 13.4. The van der Waals surface area contributed by atoms with E-state index < -0.39 is 24.3 Å². The van der Waals surface area contributed by atoms with Crippen LogP contribution < -0.4 is 5.11 Å². The molecule has 0 N–H and O–H groups in total. The van der Waals surface area contributed by atoms with Crippen LogP contribution in [0, 0.1) is 0 Å². The maximum Gasteiger partial charge on any atom is 0.306 e. The number of hydrogen-bond donors (Lipinski definition) is 0. The number of unbranched alkanes of at least 4 members (excludes halogenated alkanes) is 37. The van der Waals surface area contributed by atoms with Gasteiger partial charge in [0.15, 0.2) is 12.4 Å². The highest BCUT2D eigenvalue weighted by atomic mass is 16.7. The first kappa shape index (κ1) is 92.4. The first-order valence-corrected chi connectivity index (χ1v) is 40.3. The number of carboxylic acids is 1. The number of aliphatic carboxylic acids is 1. The summed E-state index contributed by atoms with van der Waals surface area (Å²) >= 11 is 0. The maximum atomic E-state index is 12.9. The van der Waals surface area contributed by atoms with Gasteiger partial charge in [0.2, 0.25) is 0 Å². The van der Waals surface area contributed by atoms with Gasteiger partial charge in [-0.05, 0) is 116 Å². The molecule has 0 fully saturated rings. The molecule has 0 rings (SSSR count). The fraction of sp³-hybridized carbons (Fsp3) is 0.716. The molecule has 0 aromatic carbocycles. The van der Waals surface area contributed by atoms with Gasteiger partial charge in [0, 0.05) is 12.8 Å². The second-order valence-corrected chi connectivity index (χ2v) is 28.0. The number of quaternary nitrogens is 1. The molecule has 9 heteroatoms. The molecule has 9 nitrogen and oxygen atoms in total. The molecule has 0 radical (unpaired) electrons. The monoisotopic (exact) mass is 1350 g/mol. The molecule has 2 unspecified atom stereocenters. The number of carbonyl (C=O) groups excluding carboxylic acids is 3. The van der Waals surface area contributed by atoms with Crippen LogP contribution in [0.3, 0.4) is 0 Å². The number of esters is 2. The lowest BCUT2D eigenvalue weighted by Crippen LogP contribution is -2.44. The number of carboxylic acid groups (broad SMARTS) is 1. The van der Waals surface area contributed by atoms with Crippen molar-refractivity contribution in [2.75, 3.05) is 47.5 Å². The first-order chi connectivity index (χ1) is 47.6. The third kappa shape index (κ3) is 78.6. The molecule has 0 saturated carbocycles. The van der Waals surface area contributed by atoms with Crippen molar-refractivity contribution in [1.29, 1.82) is 0 Å². The van der Waals surface area contributed by atoms with Gasteiger partial charge >= 0.3 is 11.9 Å². The van der Waals surface area contributed by atoms with Crippen molar-refractivity contribution in [3.8, 4) is 0 Å². The zero-order valence-corrected chi connectivity index (χ0v) is 63.7. The van der Waals surface area contributed by atoms with Crippen molar-refractivity contribution in [3.63, 3.8) is 0 Å². The molecule has 0 aliphatic heterocycles. The molecule has 556 valence electrons. The van der Waals surface area contributed by atoms with E-state index in [4.69, 9.17) is 18.9 Å². The average molecular weight is 1350 g/mol. The molecule has 0 saturated heterocycles. The highest BCUT2D eigenvalue weighted by Gasteiger charge is 2.22. The van der Waals surface area contributed by atoms with Gasteiger partial charge in [0.05, 0.1) is 40.3 Å². The van der Waals surface area contributed by atoms with Crippen LogP contribution in [0.2, 0.25) is 0 Å². The molecule has 0 bridgehead atoms. The summed E-state index contributed by atoms with van der Waals surface area (Å²) < 4.78 is 22.8. The van der Waals surface area contributed by atoms with Crippen molar-refractivity contribution in [3.05, 3.63) is 134 Å². The molecule has 0 aromatic rings. The van der Waals surface area contributed by atoms with Crippen LogP contribution in [0.1, 0.15) is 348 Å². The van der Waals surface area contributed by atoms with Gasteiger partial charge in [0.25, 0.3) is 0 Å².